The molecule has 156 valence electrons. The van der Waals surface area contributed by atoms with Crippen LogP contribution in [0.2, 0.25) is 0 Å². The van der Waals surface area contributed by atoms with Crippen LogP contribution in [-0.4, -0.2) is 33.9 Å². The van der Waals surface area contributed by atoms with E-state index in [1.54, 1.807) is 0 Å². The summed E-state index contributed by atoms with van der Waals surface area (Å²) in [5.41, 5.74) is 7.68. The molecule has 0 atom stereocenters. The van der Waals surface area contributed by atoms with Gasteiger partial charge in [0.25, 0.3) is 5.91 Å². The monoisotopic (exact) mass is 401 g/mol. The standard InChI is InChI=1S/C26H31N3O/c1-5-20-7-10-21(11-8-20)22-12-14-29(15-13-22)26(30)23-9-6-17(2)24(16-23)25-18(3)27-19(4)28-25/h6-11,16,22H,5,12-15H2,1-4H3,(H,27,28). The van der Waals surface area contributed by atoms with Crippen LogP contribution in [-0.2, 0) is 6.42 Å². The van der Waals surface area contributed by atoms with Crippen molar-refractivity contribution >= 4 is 5.91 Å². The molecule has 1 fully saturated rings. The summed E-state index contributed by atoms with van der Waals surface area (Å²) in [5, 5.41) is 0. The van der Waals surface area contributed by atoms with Crippen molar-refractivity contribution in [3.05, 3.63) is 76.2 Å². The number of aryl methyl sites for hydroxylation is 4. The first-order valence-corrected chi connectivity index (χ1v) is 11.0. The predicted octanol–water partition coefficient (Wildman–Crippen LogP) is 5.58. The van der Waals surface area contributed by atoms with Gasteiger partial charge in [-0.2, -0.15) is 0 Å². The van der Waals surface area contributed by atoms with E-state index < -0.39 is 0 Å². The van der Waals surface area contributed by atoms with Crippen molar-refractivity contribution in [3.8, 4) is 11.3 Å². The Bertz CT molecular complexity index is 1040. The van der Waals surface area contributed by atoms with Crippen LogP contribution in [0.3, 0.4) is 0 Å². The fourth-order valence-electron chi connectivity index (χ4n) is 4.51. The van der Waals surface area contributed by atoms with Crippen LogP contribution in [0.1, 0.15) is 64.2 Å². The molecule has 4 rings (SSSR count). The van der Waals surface area contributed by atoms with Gasteiger partial charge in [-0.25, -0.2) is 4.98 Å². The van der Waals surface area contributed by atoms with E-state index in [1.165, 1.54) is 11.1 Å². The van der Waals surface area contributed by atoms with Crippen molar-refractivity contribution in [2.45, 2.75) is 52.9 Å². The van der Waals surface area contributed by atoms with E-state index in [0.29, 0.717) is 5.92 Å². The first kappa shape index (κ1) is 20.4. The van der Waals surface area contributed by atoms with Crippen LogP contribution < -0.4 is 0 Å². The maximum absolute atomic E-state index is 13.2. The molecule has 1 N–H and O–H groups in total. The minimum absolute atomic E-state index is 0.126. The number of benzene rings is 2. The minimum atomic E-state index is 0.126. The molecule has 0 aliphatic carbocycles. The summed E-state index contributed by atoms with van der Waals surface area (Å²) in [6.45, 7) is 9.86. The van der Waals surface area contributed by atoms with Gasteiger partial charge in [-0.15, -0.1) is 0 Å². The SMILES string of the molecule is CCc1ccc(C2CCN(C(=O)c3ccc(C)c(-c4nc(C)[nH]c4C)c3)CC2)cc1. The summed E-state index contributed by atoms with van der Waals surface area (Å²) in [5.74, 6) is 1.57. The Morgan fingerprint density at radius 2 is 1.77 bits per heavy atom. The lowest BCUT2D eigenvalue weighted by Crippen LogP contribution is -2.37. The Labute approximate surface area is 179 Å². The smallest absolute Gasteiger partial charge is 0.253 e. The number of imidazole rings is 1. The molecule has 0 bridgehead atoms. The number of likely N-dealkylation sites (tertiary alicyclic amines) is 1. The van der Waals surface area contributed by atoms with Crippen molar-refractivity contribution in [1.29, 1.82) is 0 Å². The average molecular weight is 402 g/mol. The second-order valence-electron chi connectivity index (χ2n) is 8.49. The molecule has 30 heavy (non-hydrogen) atoms. The Morgan fingerprint density at radius 3 is 2.37 bits per heavy atom. The van der Waals surface area contributed by atoms with Gasteiger partial charge >= 0.3 is 0 Å². The molecule has 1 aliphatic rings. The number of H-pyrrole nitrogens is 1. The number of amides is 1. The third kappa shape index (κ3) is 4.04. The molecule has 4 heteroatoms. The number of hydrogen-bond donors (Lipinski definition) is 1. The summed E-state index contributed by atoms with van der Waals surface area (Å²) in [6, 6.07) is 15.0. The molecule has 0 unspecified atom stereocenters. The van der Waals surface area contributed by atoms with Gasteiger partial charge in [0, 0.05) is 29.9 Å². The number of aromatic nitrogens is 2. The third-order valence-corrected chi connectivity index (χ3v) is 6.38. The first-order chi connectivity index (χ1) is 14.5. The molecule has 1 aliphatic heterocycles. The molecule has 0 saturated carbocycles. The molecule has 2 aromatic carbocycles. The molecule has 4 nitrogen and oxygen atoms in total. The lowest BCUT2D eigenvalue weighted by atomic mass is 9.88. The first-order valence-electron chi connectivity index (χ1n) is 11.0. The number of carbonyl (C=O) groups is 1. The summed E-state index contributed by atoms with van der Waals surface area (Å²) in [4.78, 5) is 23.1. The van der Waals surface area contributed by atoms with Gasteiger partial charge in [-0.3, -0.25) is 4.79 Å². The van der Waals surface area contributed by atoms with Crippen LogP contribution in [0.15, 0.2) is 42.5 Å². The maximum atomic E-state index is 13.2. The largest absolute Gasteiger partial charge is 0.346 e. The van der Waals surface area contributed by atoms with Gasteiger partial charge in [-0.1, -0.05) is 37.3 Å². The van der Waals surface area contributed by atoms with E-state index in [4.69, 9.17) is 0 Å². The lowest BCUT2D eigenvalue weighted by Gasteiger charge is -2.32. The van der Waals surface area contributed by atoms with Crippen molar-refractivity contribution < 1.29 is 4.79 Å². The predicted molar refractivity (Wildman–Crippen MR) is 122 cm³/mol. The highest BCUT2D eigenvalue weighted by molar-refractivity contribution is 5.95. The second kappa shape index (κ2) is 8.47. The van der Waals surface area contributed by atoms with E-state index in [-0.39, 0.29) is 5.91 Å². The molecule has 0 spiro atoms. The van der Waals surface area contributed by atoms with Gasteiger partial charge in [0.1, 0.15) is 5.82 Å². The lowest BCUT2D eigenvalue weighted by molar-refractivity contribution is 0.0713. The second-order valence-corrected chi connectivity index (χ2v) is 8.49. The van der Waals surface area contributed by atoms with Crippen molar-refractivity contribution in [2.24, 2.45) is 0 Å². The number of rotatable bonds is 4. The molecule has 1 aromatic heterocycles. The number of aromatic amines is 1. The quantitative estimate of drug-likeness (QED) is 0.620. The zero-order valence-corrected chi connectivity index (χ0v) is 18.5. The molecule has 3 aromatic rings. The number of nitrogens with zero attached hydrogens (tertiary/aromatic N) is 2. The zero-order chi connectivity index (χ0) is 21.3. The Kier molecular flexibility index (Phi) is 5.76. The molecular formula is C26H31N3O. The van der Waals surface area contributed by atoms with E-state index in [0.717, 1.165) is 66.3 Å². The number of piperidine rings is 1. The molecular weight excluding hydrogens is 370 g/mol. The van der Waals surface area contributed by atoms with Gasteiger partial charge in [0.15, 0.2) is 0 Å². The number of nitrogens with one attached hydrogen (secondary N) is 1. The van der Waals surface area contributed by atoms with Gasteiger partial charge < -0.3 is 9.88 Å². The van der Waals surface area contributed by atoms with Crippen LogP contribution in [0.5, 0.6) is 0 Å². The third-order valence-electron chi connectivity index (χ3n) is 6.38. The van der Waals surface area contributed by atoms with E-state index in [1.807, 2.05) is 36.9 Å². The fourth-order valence-corrected chi connectivity index (χ4v) is 4.51. The highest BCUT2D eigenvalue weighted by Crippen LogP contribution is 2.30. The Morgan fingerprint density at radius 1 is 1.07 bits per heavy atom. The van der Waals surface area contributed by atoms with E-state index in [2.05, 4.69) is 48.1 Å². The van der Waals surface area contributed by atoms with Crippen LogP contribution in [0, 0.1) is 20.8 Å². The van der Waals surface area contributed by atoms with Gasteiger partial charge in [0.05, 0.1) is 5.69 Å². The summed E-state index contributed by atoms with van der Waals surface area (Å²) < 4.78 is 0. The van der Waals surface area contributed by atoms with Crippen LogP contribution in [0.4, 0.5) is 0 Å². The normalized spacial score (nSPS) is 14.9. The highest BCUT2D eigenvalue weighted by atomic mass is 16.2. The molecule has 0 radical (unpaired) electrons. The maximum Gasteiger partial charge on any atom is 0.253 e. The van der Waals surface area contributed by atoms with Gasteiger partial charge in [-0.05, 0) is 74.8 Å². The van der Waals surface area contributed by atoms with E-state index in [9.17, 15) is 4.79 Å². The average Bonchev–Trinajstić information content (AvgIpc) is 3.11. The summed E-state index contributed by atoms with van der Waals surface area (Å²) >= 11 is 0. The minimum Gasteiger partial charge on any atom is -0.346 e. The fraction of sp³-hybridized carbons (Fsp3) is 0.385. The molecule has 1 saturated heterocycles. The number of hydrogen-bond acceptors (Lipinski definition) is 2. The Hall–Kier alpha value is -2.88. The molecule has 1 amide bonds. The Balaban J connectivity index is 1.48. The van der Waals surface area contributed by atoms with Crippen LogP contribution >= 0.6 is 0 Å². The topological polar surface area (TPSA) is 49.0 Å². The van der Waals surface area contributed by atoms with Gasteiger partial charge in [0.2, 0.25) is 0 Å². The van der Waals surface area contributed by atoms with Crippen molar-refractivity contribution in [1.82, 2.24) is 14.9 Å². The van der Waals surface area contributed by atoms with E-state index >= 15 is 0 Å². The van der Waals surface area contributed by atoms with Crippen molar-refractivity contribution in [2.75, 3.05) is 13.1 Å². The van der Waals surface area contributed by atoms with Crippen LogP contribution in [0.25, 0.3) is 11.3 Å². The number of carbonyl (C=O) groups excluding carboxylic acids is 1. The molecule has 2 heterocycles. The zero-order valence-electron chi connectivity index (χ0n) is 18.5. The van der Waals surface area contributed by atoms with Crippen molar-refractivity contribution in [3.63, 3.8) is 0 Å². The summed E-state index contributed by atoms with van der Waals surface area (Å²) in [6.07, 6.45) is 3.12. The highest BCUT2D eigenvalue weighted by Gasteiger charge is 2.25. The summed E-state index contributed by atoms with van der Waals surface area (Å²) in [7, 11) is 0.